The number of hydrogen-bond acceptors (Lipinski definition) is 2. The van der Waals surface area contributed by atoms with Crippen molar-refractivity contribution in [2.75, 3.05) is 0 Å². The zero-order valence-electron chi connectivity index (χ0n) is 10.8. The Labute approximate surface area is 106 Å². The first-order chi connectivity index (χ1) is 7.68. The molecule has 0 aliphatic carbocycles. The van der Waals surface area contributed by atoms with Gasteiger partial charge in [0.25, 0.3) is 0 Å². The molecule has 0 aromatic carbocycles. The summed E-state index contributed by atoms with van der Waals surface area (Å²) in [5.41, 5.74) is 2.98. The number of nitrogens with zero attached hydrogens (tertiary/aromatic N) is 2. The van der Waals surface area contributed by atoms with Gasteiger partial charge in [0.15, 0.2) is 0 Å². The molecular formula is C12H20BrN3. The van der Waals surface area contributed by atoms with E-state index in [2.05, 4.69) is 31.1 Å². The maximum Gasteiger partial charge on any atom is 0.114 e. The fraction of sp³-hybridized carbons (Fsp3) is 0.500. The van der Waals surface area contributed by atoms with Crippen LogP contribution < -0.4 is 0 Å². The van der Waals surface area contributed by atoms with Gasteiger partial charge in [0.05, 0.1) is 5.69 Å². The van der Waals surface area contributed by atoms with Crippen molar-refractivity contribution >= 4 is 26.8 Å². The first-order valence-corrected chi connectivity index (χ1v) is 6.45. The van der Waals surface area contributed by atoms with Gasteiger partial charge in [-0.1, -0.05) is 27.7 Å². The van der Waals surface area contributed by atoms with Gasteiger partial charge in [-0.25, -0.2) is 4.98 Å². The molecule has 0 spiro atoms. The van der Waals surface area contributed by atoms with Crippen LogP contribution in [0.3, 0.4) is 0 Å². The van der Waals surface area contributed by atoms with E-state index in [-0.39, 0.29) is 0 Å². The second-order valence-corrected chi connectivity index (χ2v) is 3.59. The highest BCUT2D eigenvalue weighted by molar-refractivity contribution is 9.10. The van der Waals surface area contributed by atoms with Gasteiger partial charge in [0, 0.05) is 11.1 Å². The number of fused-ring (bicyclic) bond motifs is 1. The SMILES string of the molecule is CC.CC.Cc1[nH]nc2c(C)nc(Br)cc12. The van der Waals surface area contributed by atoms with E-state index in [0.29, 0.717) is 0 Å². The molecule has 90 valence electrons. The lowest BCUT2D eigenvalue weighted by molar-refractivity contribution is 1.06. The molecule has 0 saturated heterocycles. The summed E-state index contributed by atoms with van der Waals surface area (Å²) >= 11 is 3.35. The lowest BCUT2D eigenvalue weighted by Crippen LogP contribution is -1.83. The van der Waals surface area contributed by atoms with Gasteiger partial charge >= 0.3 is 0 Å². The summed E-state index contributed by atoms with van der Waals surface area (Å²) < 4.78 is 0.858. The Kier molecular flexibility index (Phi) is 6.97. The summed E-state index contributed by atoms with van der Waals surface area (Å²) in [4.78, 5) is 4.25. The third-order valence-electron chi connectivity index (χ3n) is 1.88. The Bertz CT molecular complexity index is 435. The summed E-state index contributed by atoms with van der Waals surface area (Å²) in [7, 11) is 0. The van der Waals surface area contributed by atoms with E-state index in [9.17, 15) is 0 Å². The summed E-state index contributed by atoms with van der Waals surface area (Å²) in [5.74, 6) is 0. The van der Waals surface area contributed by atoms with Gasteiger partial charge in [0.1, 0.15) is 10.1 Å². The molecule has 0 unspecified atom stereocenters. The van der Waals surface area contributed by atoms with Crippen molar-refractivity contribution in [2.45, 2.75) is 41.5 Å². The highest BCUT2D eigenvalue weighted by Crippen LogP contribution is 2.20. The molecule has 16 heavy (non-hydrogen) atoms. The van der Waals surface area contributed by atoms with E-state index in [1.807, 2.05) is 47.6 Å². The minimum atomic E-state index is 0.858. The molecule has 2 aromatic heterocycles. The second kappa shape index (κ2) is 7.39. The Morgan fingerprint density at radius 2 is 1.69 bits per heavy atom. The number of nitrogens with one attached hydrogen (secondary N) is 1. The quantitative estimate of drug-likeness (QED) is 0.730. The normalized spacial score (nSPS) is 8.94. The van der Waals surface area contributed by atoms with Crippen molar-refractivity contribution in [3.05, 3.63) is 22.1 Å². The molecule has 0 bridgehead atoms. The van der Waals surface area contributed by atoms with E-state index in [4.69, 9.17) is 0 Å². The summed E-state index contributed by atoms with van der Waals surface area (Å²) in [6.07, 6.45) is 0. The van der Waals surface area contributed by atoms with Crippen LogP contribution in [-0.2, 0) is 0 Å². The molecule has 0 atom stereocenters. The van der Waals surface area contributed by atoms with Gasteiger partial charge in [-0.3, -0.25) is 5.10 Å². The third kappa shape index (κ3) is 3.30. The van der Waals surface area contributed by atoms with Crippen molar-refractivity contribution in [2.24, 2.45) is 0 Å². The number of halogens is 1. The van der Waals surface area contributed by atoms with Crippen LogP contribution in [0.4, 0.5) is 0 Å². The summed E-state index contributed by atoms with van der Waals surface area (Å²) in [6, 6.07) is 1.97. The van der Waals surface area contributed by atoms with Gasteiger partial charge in [-0.2, -0.15) is 5.10 Å². The molecule has 0 amide bonds. The second-order valence-electron chi connectivity index (χ2n) is 2.78. The van der Waals surface area contributed by atoms with E-state index in [1.165, 1.54) is 0 Å². The minimum Gasteiger partial charge on any atom is -0.282 e. The first-order valence-electron chi connectivity index (χ1n) is 5.66. The topological polar surface area (TPSA) is 41.6 Å². The Morgan fingerprint density at radius 1 is 1.12 bits per heavy atom. The number of aromatic nitrogens is 3. The Balaban J connectivity index is 0.000000509. The molecule has 0 saturated carbocycles. The fourth-order valence-electron chi connectivity index (χ4n) is 1.25. The molecule has 4 heteroatoms. The van der Waals surface area contributed by atoms with Crippen LogP contribution in [0.1, 0.15) is 39.1 Å². The fourth-order valence-corrected chi connectivity index (χ4v) is 1.75. The maximum atomic E-state index is 4.25. The van der Waals surface area contributed by atoms with Crippen molar-refractivity contribution < 1.29 is 0 Å². The predicted octanol–water partition coefficient (Wildman–Crippen LogP) is 4.39. The van der Waals surface area contributed by atoms with Crippen molar-refractivity contribution in [3.8, 4) is 0 Å². The highest BCUT2D eigenvalue weighted by atomic mass is 79.9. The lowest BCUT2D eigenvalue weighted by Gasteiger charge is -1.95. The van der Waals surface area contributed by atoms with Crippen LogP contribution >= 0.6 is 15.9 Å². The zero-order chi connectivity index (χ0) is 12.7. The smallest absolute Gasteiger partial charge is 0.114 e. The maximum absolute atomic E-state index is 4.25. The van der Waals surface area contributed by atoms with E-state index in [1.54, 1.807) is 0 Å². The summed E-state index contributed by atoms with van der Waals surface area (Å²) in [5, 5.41) is 8.22. The van der Waals surface area contributed by atoms with Gasteiger partial charge in [-0.05, 0) is 35.8 Å². The molecule has 1 N–H and O–H groups in total. The molecule has 0 radical (unpaired) electrons. The monoisotopic (exact) mass is 285 g/mol. The number of aryl methyl sites for hydroxylation is 2. The van der Waals surface area contributed by atoms with Crippen LogP contribution in [-0.4, -0.2) is 15.2 Å². The third-order valence-corrected chi connectivity index (χ3v) is 2.28. The largest absolute Gasteiger partial charge is 0.282 e. The average molecular weight is 286 g/mol. The van der Waals surface area contributed by atoms with Crippen LogP contribution in [0.5, 0.6) is 0 Å². The number of H-pyrrole nitrogens is 1. The zero-order valence-corrected chi connectivity index (χ0v) is 12.4. The van der Waals surface area contributed by atoms with E-state index >= 15 is 0 Å². The molecule has 3 nitrogen and oxygen atoms in total. The molecule has 0 aliphatic heterocycles. The van der Waals surface area contributed by atoms with Crippen LogP contribution in [0.2, 0.25) is 0 Å². The first kappa shape index (κ1) is 15.1. The average Bonchev–Trinajstić information content (AvgIpc) is 2.67. The minimum absolute atomic E-state index is 0.858. The van der Waals surface area contributed by atoms with Gasteiger partial charge in [0.2, 0.25) is 0 Å². The van der Waals surface area contributed by atoms with Crippen molar-refractivity contribution in [1.29, 1.82) is 0 Å². The number of pyridine rings is 1. The van der Waals surface area contributed by atoms with E-state index < -0.39 is 0 Å². The van der Waals surface area contributed by atoms with Crippen molar-refractivity contribution in [3.63, 3.8) is 0 Å². The lowest BCUT2D eigenvalue weighted by atomic mass is 10.2. The predicted molar refractivity (Wildman–Crippen MR) is 73.8 cm³/mol. The van der Waals surface area contributed by atoms with Crippen LogP contribution in [0, 0.1) is 13.8 Å². The van der Waals surface area contributed by atoms with Crippen LogP contribution in [0.15, 0.2) is 10.7 Å². The molecule has 0 aliphatic rings. The molecule has 2 heterocycles. The van der Waals surface area contributed by atoms with Crippen LogP contribution in [0.25, 0.3) is 10.9 Å². The van der Waals surface area contributed by atoms with Crippen molar-refractivity contribution in [1.82, 2.24) is 15.2 Å². The number of rotatable bonds is 0. The van der Waals surface area contributed by atoms with Gasteiger partial charge in [-0.15, -0.1) is 0 Å². The number of aromatic amines is 1. The highest BCUT2D eigenvalue weighted by Gasteiger charge is 2.05. The van der Waals surface area contributed by atoms with Gasteiger partial charge < -0.3 is 0 Å². The Morgan fingerprint density at radius 3 is 2.25 bits per heavy atom. The summed E-state index contributed by atoms with van der Waals surface area (Å²) in [6.45, 7) is 12.0. The Hall–Kier alpha value is -0.900. The molecule has 2 rings (SSSR count). The standard InChI is InChI=1S/C8H8BrN3.2C2H6/c1-4-6-3-7(9)10-5(2)8(6)12-11-4;2*1-2/h3H,1-2H3,(H,11,12);2*1-2H3. The number of hydrogen-bond donors (Lipinski definition) is 1. The molecule has 0 fully saturated rings. The molecule has 2 aromatic rings. The molecular weight excluding hydrogens is 266 g/mol. The van der Waals surface area contributed by atoms with E-state index in [0.717, 1.165) is 26.9 Å².